The third-order valence-corrected chi connectivity index (χ3v) is 7.58. The number of ether oxygens (including phenoxy) is 1. The lowest BCUT2D eigenvalue weighted by Gasteiger charge is -2.21. The minimum Gasteiger partial charge on any atom is -0.464 e. The standard InChI is InChI=1S/C29H23N7O4S/c1-16(33-27(37)22-25(30)34-35-13-7-12-31-26(22)35)20-14-17-8-6-11-19(24-23(29(39)40-2)32-15-41-24)21(17)28(38)36(20)18-9-4-3-5-10-18/h3-16H,1-2H3,(H2,30,34)(H,33,37)/t16-/m0/s1. The first-order valence-corrected chi connectivity index (χ1v) is 13.4. The third-order valence-electron chi connectivity index (χ3n) is 6.72. The number of esters is 1. The summed E-state index contributed by atoms with van der Waals surface area (Å²) in [5, 5.41) is 8.18. The third kappa shape index (κ3) is 4.39. The molecule has 41 heavy (non-hydrogen) atoms. The molecule has 204 valence electrons. The molecule has 1 amide bonds. The van der Waals surface area contributed by atoms with Crippen molar-refractivity contribution in [1.82, 2.24) is 29.5 Å². The predicted molar refractivity (Wildman–Crippen MR) is 155 cm³/mol. The number of nitrogen functional groups attached to an aromatic ring is 1. The number of carbonyl (C=O) groups is 2. The number of nitrogens with zero attached hydrogens (tertiary/aromatic N) is 5. The van der Waals surface area contributed by atoms with Crippen LogP contribution in [0, 0.1) is 0 Å². The average Bonchev–Trinajstić information content (AvgIpc) is 3.60. The molecule has 0 bridgehead atoms. The number of rotatable bonds is 6. The lowest BCUT2D eigenvalue weighted by Crippen LogP contribution is -2.32. The Labute approximate surface area is 236 Å². The van der Waals surface area contributed by atoms with Crippen LogP contribution < -0.4 is 16.6 Å². The number of fused-ring (bicyclic) bond motifs is 2. The fraction of sp³-hybridized carbons (Fsp3) is 0.103. The van der Waals surface area contributed by atoms with Crippen LogP contribution in [0.4, 0.5) is 5.82 Å². The zero-order valence-electron chi connectivity index (χ0n) is 21.9. The second-order valence-corrected chi connectivity index (χ2v) is 10.0. The number of benzene rings is 2. The fourth-order valence-electron chi connectivity index (χ4n) is 4.88. The summed E-state index contributed by atoms with van der Waals surface area (Å²) in [7, 11) is 1.29. The van der Waals surface area contributed by atoms with Gasteiger partial charge >= 0.3 is 5.97 Å². The number of anilines is 1. The fourth-order valence-corrected chi connectivity index (χ4v) is 5.69. The van der Waals surface area contributed by atoms with Crippen LogP contribution in [0.15, 0.2) is 83.4 Å². The number of thiazole rings is 1. The Morgan fingerprint density at radius 3 is 2.66 bits per heavy atom. The number of methoxy groups -OCH3 is 1. The SMILES string of the molecule is COC(=O)c1ncsc1-c1cccc2cc([C@H](C)NC(=O)c3c(N)nn4cccnc34)n(-c3ccccc3)c(=O)c12. The Morgan fingerprint density at radius 1 is 1.07 bits per heavy atom. The van der Waals surface area contributed by atoms with Gasteiger partial charge in [0.05, 0.1) is 28.9 Å². The van der Waals surface area contributed by atoms with Crippen LogP contribution in [-0.4, -0.2) is 43.1 Å². The highest BCUT2D eigenvalue weighted by atomic mass is 32.1. The summed E-state index contributed by atoms with van der Waals surface area (Å²) in [4.78, 5) is 49.1. The summed E-state index contributed by atoms with van der Waals surface area (Å²) in [6.07, 6.45) is 3.21. The van der Waals surface area contributed by atoms with E-state index in [2.05, 4.69) is 20.4 Å². The summed E-state index contributed by atoms with van der Waals surface area (Å²) in [6.45, 7) is 1.79. The summed E-state index contributed by atoms with van der Waals surface area (Å²) in [6, 6.07) is 17.5. The first-order valence-electron chi connectivity index (χ1n) is 12.5. The minimum absolute atomic E-state index is 0.0444. The maximum absolute atomic E-state index is 14.3. The van der Waals surface area contributed by atoms with Gasteiger partial charge in [-0.05, 0) is 36.6 Å². The normalized spacial score (nSPS) is 12.0. The summed E-state index contributed by atoms with van der Waals surface area (Å²) >= 11 is 1.25. The smallest absolute Gasteiger partial charge is 0.358 e. The van der Waals surface area contributed by atoms with Crippen LogP contribution in [0.1, 0.15) is 39.5 Å². The maximum Gasteiger partial charge on any atom is 0.358 e. The summed E-state index contributed by atoms with van der Waals surface area (Å²) < 4.78 is 7.91. The molecule has 3 N–H and O–H groups in total. The lowest BCUT2D eigenvalue weighted by atomic mass is 10.0. The molecule has 0 aliphatic heterocycles. The van der Waals surface area contributed by atoms with Crippen molar-refractivity contribution in [3.05, 3.63) is 106 Å². The molecule has 0 saturated carbocycles. The molecule has 0 radical (unpaired) electrons. The molecule has 0 aliphatic rings. The first kappa shape index (κ1) is 25.9. The number of carbonyl (C=O) groups excluding carboxylic acids is 2. The van der Waals surface area contributed by atoms with Gasteiger partial charge in [0.2, 0.25) is 0 Å². The van der Waals surface area contributed by atoms with Crippen LogP contribution in [0.5, 0.6) is 0 Å². The highest BCUT2D eigenvalue weighted by Gasteiger charge is 2.25. The summed E-state index contributed by atoms with van der Waals surface area (Å²) in [5.41, 5.74) is 9.62. The Kier molecular flexibility index (Phi) is 6.52. The van der Waals surface area contributed by atoms with Crippen molar-refractivity contribution in [1.29, 1.82) is 0 Å². The van der Waals surface area contributed by atoms with Crippen LogP contribution in [0.2, 0.25) is 0 Å². The van der Waals surface area contributed by atoms with E-state index in [0.717, 1.165) is 0 Å². The van der Waals surface area contributed by atoms with Crippen LogP contribution >= 0.6 is 11.3 Å². The Bertz CT molecular complexity index is 2010. The number of nitrogens with one attached hydrogen (secondary N) is 1. The van der Waals surface area contributed by atoms with Crippen molar-refractivity contribution < 1.29 is 14.3 Å². The predicted octanol–water partition coefficient (Wildman–Crippen LogP) is 4.02. The molecule has 4 heterocycles. The quantitative estimate of drug-likeness (QED) is 0.288. The van der Waals surface area contributed by atoms with Crippen LogP contribution in [0.3, 0.4) is 0 Å². The topological polar surface area (TPSA) is 146 Å². The van der Waals surface area contributed by atoms with Crippen molar-refractivity contribution in [2.24, 2.45) is 0 Å². The molecule has 12 heteroatoms. The zero-order chi connectivity index (χ0) is 28.7. The van der Waals surface area contributed by atoms with Crippen molar-refractivity contribution in [2.45, 2.75) is 13.0 Å². The Balaban J connectivity index is 1.52. The second-order valence-electron chi connectivity index (χ2n) is 9.18. The van der Waals surface area contributed by atoms with Gasteiger partial charge in [-0.1, -0.05) is 36.4 Å². The first-order chi connectivity index (χ1) is 19.9. The summed E-state index contributed by atoms with van der Waals surface area (Å²) in [5.74, 6) is -1.02. The lowest BCUT2D eigenvalue weighted by molar-refractivity contribution is 0.0595. The highest BCUT2D eigenvalue weighted by Crippen LogP contribution is 2.34. The molecule has 6 aromatic rings. The van der Waals surface area contributed by atoms with E-state index in [9.17, 15) is 14.4 Å². The molecule has 6 rings (SSSR count). The zero-order valence-corrected chi connectivity index (χ0v) is 22.8. The van der Waals surface area contributed by atoms with Gasteiger partial charge < -0.3 is 15.8 Å². The van der Waals surface area contributed by atoms with E-state index in [1.807, 2.05) is 48.5 Å². The average molecular weight is 566 g/mol. The molecular formula is C29H23N7O4S. The largest absolute Gasteiger partial charge is 0.464 e. The van der Waals surface area contributed by atoms with E-state index in [4.69, 9.17) is 10.5 Å². The van der Waals surface area contributed by atoms with Gasteiger partial charge in [0, 0.05) is 29.3 Å². The van der Waals surface area contributed by atoms with Gasteiger partial charge in [0.25, 0.3) is 11.5 Å². The Morgan fingerprint density at radius 2 is 1.88 bits per heavy atom. The number of hydrogen-bond donors (Lipinski definition) is 2. The molecule has 0 saturated heterocycles. The van der Waals surface area contributed by atoms with Crippen molar-refractivity contribution in [3.8, 4) is 16.1 Å². The van der Waals surface area contributed by atoms with E-state index < -0.39 is 17.9 Å². The van der Waals surface area contributed by atoms with E-state index in [0.29, 0.717) is 38.2 Å². The molecule has 0 spiro atoms. The van der Waals surface area contributed by atoms with E-state index in [-0.39, 0.29) is 22.6 Å². The van der Waals surface area contributed by atoms with Gasteiger partial charge in [-0.15, -0.1) is 16.4 Å². The molecule has 0 fully saturated rings. The monoisotopic (exact) mass is 565 g/mol. The number of pyridine rings is 1. The molecule has 0 unspecified atom stereocenters. The molecule has 2 aromatic carbocycles. The molecule has 0 aliphatic carbocycles. The van der Waals surface area contributed by atoms with Gasteiger partial charge in [0.15, 0.2) is 17.2 Å². The van der Waals surface area contributed by atoms with Crippen molar-refractivity contribution in [2.75, 3.05) is 12.8 Å². The molecular weight excluding hydrogens is 542 g/mol. The number of amides is 1. The number of nitrogens with two attached hydrogens (primary N) is 1. The van der Waals surface area contributed by atoms with Gasteiger partial charge in [-0.3, -0.25) is 14.2 Å². The minimum atomic E-state index is -0.629. The molecule has 1 atom stereocenters. The number of hydrogen-bond acceptors (Lipinski definition) is 9. The van der Waals surface area contributed by atoms with Gasteiger partial charge in [-0.25, -0.2) is 19.3 Å². The number of aromatic nitrogens is 5. The highest BCUT2D eigenvalue weighted by molar-refractivity contribution is 7.13. The van der Waals surface area contributed by atoms with Gasteiger partial charge in [0.1, 0.15) is 5.56 Å². The molecule has 4 aromatic heterocycles. The van der Waals surface area contributed by atoms with E-state index in [1.54, 1.807) is 41.5 Å². The Hall–Kier alpha value is -5.36. The number of para-hydroxylation sites is 1. The van der Waals surface area contributed by atoms with Crippen molar-refractivity contribution in [3.63, 3.8) is 0 Å². The maximum atomic E-state index is 14.3. The van der Waals surface area contributed by atoms with E-state index >= 15 is 0 Å². The van der Waals surface area contributed by atoms with Crippen LogP contribution in [-0.2, 0) is 4.74 Å². The van der Waals surface area contributed by atoms with Gasteiger partial charge in [-0.2, -0.15) is 0 Å². The van der Waals surface area contributed by atoms with Crippen LogP contribution in [0.25, 0.3) is 32.5 Å². The van der Waals surface area contributed by atoms with E-state index in [1.165, 1.54) is 23.0 Å². The van der Waals surface area contributed by atoms with Crippen molar-refractivity contribution >= 4 is 45.5 Å². The molecule has 11 nitrogen and oxygen atoms in total. The second kappa shape index (κ2) is 10.3.